The third-order valence-corrected chi connectivity index (χ3v) is 3.96. The summed E-state index contributed by atoms with van der Waals surface area (Å²) < 4.78 is 0. The zero-order valence-corrected chi connectivity index (χ0v) is 10.7. The quantitative estimate of drug-likeness (QED) is 0.785. The second-order valence-electron chi connectivity index (χ2n) is 5.18. The lowest BCUT2D eigenvalue weighted by molar-refractivity contribution is 0.184. The smallest absolute Gasteiger partial charge is 0.00191 e. The molecule has 2 aliphatic heterocycles. The van der Waals surface area contributed by atoms with Crippen LogP contribution in [0.25, 0.3) is 0 Å². The highest BCUT2D eigenvalue weighted by molar-refractivity contribution is 5.85. The van der Waals surface area contributed by atoms with Crippen LogP contribution in [0.2, 0.25) is 0 Å². The van der Waals surface area contributed by atoms with Crippen LogP contribution in [0.4, 0.5) is 0 Å². The molecule has 0 unspecified atom stereocenters. The molecule has 2 fully saturated rings. The molecular formula is C12H25ClN2. The molecule has 0 aromatic heterocycles. The minimum absolute atomic E-state index is 0. The summed E-state index contributed by atoms with van der Waals surface area (Å²) in [4.78, 5) is 2.47. The number of nitrogens with one attached hydrogen (secondary N) is 1. The molecule has 0 amide bonds. The van der Waals surface area contributed by atoms with Crippen molar-refractivity contribution in [2.75, 3.05) is 33.2 Å². The van der Waals surface area contributed by atoms with Crippen molar-refractivity contribution in [3.8, 4) is 0 Å². The van der Waals surface area contributed by atoms with E-state index in [0.717, 1.165) is 11.8 Å². The van der Waals surface area contributed by atoms with Gasteiger partial charge < -0.3 is 10.2 Å². The van der Waals surface area contributed by atoms with E-state index in [2.05, 4.69) is 17.3 Å². The lowest BCUT2D eigenvalue weighted by atomic mass is 9.83. The summed E-state index contributed by atoms with van der Waals surface area (Å²) in [5, 5.41) is 3.45. The predicted molar refractivity (Wildman–Crippen MR) is 67.7 cm³/mol. The molecule has 2 rings (SSSR count). The van der Waals surface area contributed by atoms with E-state index in [-0.39, 0.29) is 12.4 Å². The van der Waals surface area contributed by atoms with E-state index in [1.165, 1.54) is 58.3 Å². The molecule has 2 heterocycles. The van der Waals surface area contributed by atoms with Crippen molar-refractivity contribution in [3.63, 3.8) is 0 Å². The number of hydrogen-bond acceptors (Lipinski definition) is 2. The summed E-state index contributed by atoms with van der Waals surface area (Å²) in [7, 11) is 2.25. The number of piperidine rings is 2. The Morgan fingerprint density at radius 3 is 2.13 bits per heavy atom. The van der Waals surface area contributed by atoms with Gasteiger partial charge in [0.25, 0.3) is 0 Å². The van der Waals surface area contributed by atoms with Gasteiger partial charge in [0, 0.05) is 0 Å². The van der Waals surface area contributed by atoms with E-state index < -0.39 is 0 Å². The van der Waals surface area contributed by atoms with E-state index >= 15 is 0 Å². The van der Waals surface area contributed by atoms with Crippen molar-refractivity contribution in [1.29, 1.82) is 0 Å². The van der Waals surface area contributed by atoms with E-state index in [4.69, 9.17) is 0 Å². The SMILES string of the molecule is CN1CCC(CC2CCNCC2)CC1.Cl. The van der Waals surface area contributed by atoms with Gasteiger partial charge in [-0.25, -0.2) is 0 Å². The molecule has 0 saturated carbocycles. The van der Waals surface area contributed by atoms with Crippen molar-refractivity contribution in [2.24, 2.45) is 11.8 Å². The average molecular weight is 233 g/mol. The van der Waals surface area contributed by atoms with Gasteiger partial charge >= 0.3 is 0 Å². The first-order valence-corrected chi connectivity index (χ1v) is 6.24. The summed E-state index contributed by atoms with van der Waals surface area (Å²) in [6.07, 6.45) is 7.25. The van der Waals surface area contributed by atoms with E-state index in [1.807, 2.05) is 0 Å². The molecule has 0 spiro atoms. The predicted octanol–water partition coefficient (Wildman–Crippen LogP) is 2.14. The van der Waals surface area contributed by atoms with Crippen molar-refractivity contribution in [2.45, 2.75) is 32.1 Å². The molecule has 1 N–H and O–H groups in total. The molecule has 0 aliphatic carbocycles. The first-order chi connectivity index (χ1) is 6.84. The van der Waals surface area contributed by atoms with Gasteiger partial charge in [-0.3, -0.25) is 0 Å². The number of rotatable bonds is 2. The van der Waals surface area contributed by atoms with Crippen LogP contribution < -0.4 is 5.32 Å². The molecule has 0 bridgehead atoms. The third-order valence-electron chi connectivity index (χ3n) is 3.96. The summed E-state index contributed by atoms with van der Waals surface area (Å²) in [5.41, 5.74) is 0. The Labute approximate surface area is 100 Å². The minimum atomic E-state index is 0. The number of halogens is 1. The van der Waals surface area contributed by atoms with Crippen LogP contribution in [-0.4, -0.2) is 38.1 Å². The van der Waals surface area contributed by atoms with E-state index in [0.29, 0.717) is 0 Å². The van der Waals surface area contributed by atoms with Crippen LogP contribution in [0, 0.1) is 11.8 Å². The monoisotopic (exact) mass is 232 g/mol. The minimum Gasteiger partial charge on any atom is -0.317 e. The molecule has 15 heavy (non-hydrogen) atoms. The van der Waals surface area contributed by atoms with Gasteiger partial charge in [-0.05, 0) is 77.2 Å². The van der Waals surface area contributed by atoms with Gasteiger partial charge in [0.05, 0.1) is 0 Å². The van der Waals surface area contributed by atoms with Gasteiger partial charge in [-0.2, -0.15) is 0 Å². The second kappa shape index (κ2) is 6.72. The van der Waals surface area contributed by atoms with Crippen LogP contribution in [0.5, 0.6) is 0 Å². The summed E-state index contributed by atoms with van der Waals surface area (Å²) in [5.74, 6) is 2.07. The van der Waals surface area contributed by atoms with Crippen LogP contribution in [0.1, 0.15) is 32.1 Å². The van der Waals surface area contributed by atoms with Crippen molar-refractivity contribution in [1.82, 2.24) is 10.2 Å². The molecule has 0 radical (unpaired) electrons. The first kappa shape index (κ1) is 13.3. The lowest BCUT2D eigenvalue weighted by Gasteiger charge is -2.32. The normalized spacial score (nSPS) is 26.2. The largest absolute Gasteiger partial charge is 0.317 e. The highest BCUT2D eigenvalue weighted by atomic mass is 35.5. The average Bonchev–Trinajstić information content (AvgIpc) is 2.23. The fourth-order valence-electron chi connectivity index (χ4n) is 2.89. The molecule has 0 atom stereocenters. The maximum absolute atomic E-state index is 3.45. The van der Waals surface area contributed by atoms with Crippen LogP contribution in [-0.2, 0) is 0 Å². The van der Waals surface area contributed by atoms with Crippen molar-refractivity contribution >= 4 is 12.4 Å². The Morgan fingerprint density at radius 1 is 1.00 bits per heavy atom. The molecule has 90 valence electrons. The van der Waals surface area contributed by atoms with Gasteiger partial charge in [0.1, 0.15) is 0 Å². The van der Waals surface area contributed by atoms with Crippen LogP contribution >= 0.6 is 12.4 Å². The number of likely N-dealkylation sites (tertiary alicyclic amines) is 1. The number of hydrogen-bond donors (Lipinski definition) is 1. The zero-order chi connectivity index (χ0) is 9.80. The fourth-order valence-corrected chi connectivity index (χ4v) is 2.89. The third kappa shape index (κ3) is 4.29. The van der Waals surface area contributed by atoms with Gasteiger partial charge in [-0.1, -0.05) is 0 Å². The maximum atomic E-state index is 3.45. The summed E-state index contributed by atoms with van der Waals surface area (Å²) >= 11 is 0. The van der Waals surface area contributed by atoms with Gasteiger partial charge in [0.2, 0.25) is 0 Å². The van der Waals surface area contributed by atoms with Crippen molar-refractivity contribution < 1.29 is 0 Å². The fraction of sp³-hybridized carbons (Fsp3) is 1.00. The van der Waals surface area contributed by atoms with Gasteiger partial charge in [-0.15, -0.1) is 12.4 Å². The Kier molecular flexibility index (Phi) is 5.95. The van der Waals surface area contributed by atoms with Crippen molar-refractivity contribution in [3.05, 3.63) is 0 Å². The standard InChI is InChI=1S/C12H24N2.ClH/c1-14-8-4-12(5-9-14)10-11-2-6-13-7-3-11;/h11-13H,2-10H2,1H3;1H. The highest BCUT2D eigenvalue weighted by Crippen LogP contribution is 2.27. The first-order valence-electron chi connectivity index (χ1n) is 6.24. The Morgan fingerprint density at radius 2 is 1.53 bits per heavy atom. The summed E-state index contributed by atoms with van der Waals surface area (Å²) in [6, 6.07) is 0. The Hall–Kier alpha value is 0.210. The molecule has 2 nitrogen and oxygen atoms in total. The maximum Gasteiger partial charge on any atom is -0.00191 e. The zero-order valence-electron chi connectivity index (χ0n) is 9.87. The Balaban J connectivity index is 0.00000112. The van der Waals surface area contributed by atoms with E-state index in [9.17, 15) is 0 Å². The van der Waals surface area contributed by atoms with Crippen LogP contribution in [0.15, 0.2) is 0 Å². The lowest BCUT2D eigenvalue weighted by Crippen LogP contribution is -2.33. The van der Waals surface area contributed by atoms with Crippen LogP contribution in [0.3, 0.4) is 0 Å². The molecule has 3 heteroatoms. The molecule has 0 aromatic rings. The second-order valence-corrected chi connectivity index (χ2v) is 5.18. The summed E-state index contributed by atoms with van der Waals surface area (Å²) in [6.45, 7) is 5.18. The van der Waals surface area contributed by atoms with E-state index in [1.54, 1.807) is 0 Å². The molecule has 2 saturated heterocycles. The van der Waals surface area contributed by atoms with Gasteiger partial charge in [0.15, 0.2) is 0 Å². The number of nitrogens with zero attached hydrogens (tertiary/aromatic N) is 1. The Bertz CT molecular complexity index is 161. The molecule has 2 aliphatic rings. The molecular weight excluding hydrogens is 208 g/mol. The molecule has 0 aromatic carbocycles. The highest BCUT2D eigenvalue weighted by Gasteiger charge is 2.21. The topological polar surface area (TPSA) is 15.3 Å².